The van der Waals surface area contributed by atoms with Gasteiger partial charge in [0, 0.05) is 109 Å². The number of anilines is 3. The SMILES string of the molecule is CC(C)(C)c1ccc(-c2nc(CCCCCc3ccccc3)n3[nH]c(=O)cc3n2)cc1.CC(C)(C)c1ccc(-c2nc(NCCCN3Cc4ccccc4C3)n3[nH]c(=O)cc3n2)cc1.CC(C)(C)c1ccc(-c2nc(NCCCNC3Cc4ccccc4C3)n3[nH]c(=O)cc3n2)cc1.Cc1cc(OCCCCNc2cc(C(C)(C)C)ccc2-c2ncn3[nH]c(=O)cc3n2)ccc1Cl. The number of halogens is 1. The molecule has 0 bridgehead atoms. The summed E-state index contributed by atoms with van der Waals surface area (Å²) in [7, 11) is 0. The Morgan fingerprint density at radius 3 is 1.41 bits per heavy atom. The maximum absolute atomic E-state index is 12.0. The number of hydrogen-bond donors (Lipinski definition) is 8. The van der Waals surface area contributed by atoms with Gasteiger partial charge in [0.2, 0.25) is 11.9 Å². The van der Waals surface area contributed by atoms with Crippen molar-refractivity contribution in [3.05, 3.63) is 327 Å². The summed E-state index contributed by atoms with van der Waals surface area (Å²) in [6.07, 6.45) is 12.7. The molecule has 1 aliphatic carbocycles. The first-order valence-electron chi connectivity index (χ1n) is 46.0. The molecule has 26 nitrogen and oxygen atoms in total. The van der Waals surface area contributed by atoms with Crippen molar-refractivity contribution >= 4 is 51.8 Å². The molecule has 132 heavy (non-hydrogen) atoms. The average Bonchev–Trinajstić information content (AvgIpc) is 1.45. The highest BCUT2D eigenvalue weighted by Gasteiger charge is 2.25. The second kappa shape index (κ2) is 41.3. The molecule has 27 heteroatoms. The minimum atomic E-state index is -0.205. The van der Waals surface area contributed by atoms with E-state index in [0.29, 0.717) is 70.4 Å². The molecule has 1 aliphatic heterocycles. The fourth-order valence-electron chi connectivity index (χ4n) is 16.4. The van der Waals surface area contributed by atoms with E-state index in [9.17, 15) is 19.2 Å². The van der Waals surface area contributed by atoms with Crippen LogP contribution in [0.2, 0.25) is 5.02 Å². The summed E-state index contributed by atoms with van der Waals surface area (Å²) in [5.41, 5.74) is 19.7. The Balaban J connectivity index is 0.000000135. The van der Waals surface area contributed by atoms with Gasteiger partial charge in [-0.05, 0) is 179 Å². The van der Waals surface area contributed by atoms with Crippen LogP contribution >= 0.6 is 11.6 Å². The van der Waals surface area contributed by atoms with Crippen molar-refractivity contribution in [1.82, 2.24) is 88.5 Å². The largest absolute Gasteiger partial charge is 0.494 e. The van der Waals surface area contributed by atoms with E-state index in [4.69, 9.17) is 31.3 Å². The van der Waals surface area contributed by atoms with Crippen molar-refractivity contribution in [2.24, 2.45) is 0 Å². The Morgan fingerprint density at radius 1 is 0.409 bits per heavy atom. The number of aryl methyl sites for hydroxylation is 3. The third-order valence-corrected chi connectivity index (χ3v) is 24.4. The number of benzene rings is 8. The molecule has 684 valence electrons. The number of unbranched alkanes of at least 4 members (excludes halogenated alkanes) is 3. The van der Waals surface area contributed by atoms with Crippen LogP contribution in [0, 0.1) is 6.92 Å². The zero-order chi connectivity index (χ0) is 92.9. The van der Waals surface area contributed by atoms with Gasteiger partial charge >= 0.3 is 0 Å². The van der Waals surface area contributed by atoms with E-state index in [2.05, 4.69) is 294 Å². The molecule has 0 atom stereocenters. The molecule has 8 aromatic heterocycles. The molecule has 8 N–H and O–H groups in total. The first kappa shape index (κ1) is 93.3. The third kappa shape index (κ3) is 24.2. The van der Waals surface area contributed by atoms with Crippen LogP contribution < -0.4 is 48.2 Å². The maximum Gasteiger partial charge on any atom is 0.266 e. The van der Waals surface area contributed by atoms with E-state index in [1.807, 2.05) is 55.5 Å². The lowest BCUT2D eigenvalue weighted by Crippen LogP contribution is -2.31. The molecular weight excluding hydrogens is 1670 g/mol. The summed E-state index contributed by atoms with van der Waals surface area (Å²) in [5.74, 6) is 5.32. The van der Waals surface area contributed by atoms with Gasteiger partial charge in [0.05, 0.1) is 6.61 Å². The molecule has 0 unspecified atom stereocenters. The van der Waals surface area contributed by atoms with Gasteiger partial charge < -0.3 is 26.0 Å². The van der Waals surface area contributed by atoms with Crippen LogP contribution in [0.5, 0.6) is 5.75 Å². The average molecular weight is 1790 g/mol. The number of aromatic nitrogens is 16. The van der Waals surface area contributed by atoms with Crippen molar-refractivity contribution in [2.45, 2.75) is 201 Å². The Labute approximate surface area is 775 Å². The number of nitrogens with one attached hydrogen (secondary N) is 8. The highest BCUT2D eigenvalue weighted by Crippen LogP contribution is 2.35. The molecule has 8 aromatic carbocycles. The van der Waals surface area contributed by atoms with Gasteiger partial charge in [-0.25, -0.2) is 48.0 Å². The molecule has 0 amide bonds. The second-order valence-corrected chi connectivity index (χ2v) is 38.9. The highest BCUT2D eigenvalue weighted by molar-refractivity contribution is 6.31. The zero-order valence-electron chi connectivity index (χ0n) is 78.0. The Morgan fingerprint density at radius 2 is 0.871 bits per heavy atom. The lowest BCUT2D eigenvalue weighted by Gasteiger charge is -2.22. The number of nitrogens with zero attached hydrogens (tertiary/aromatic N) is 13. The molecule has 16 aromatic rings. The van der Waals surface area contributed by atoms with Gasteiger partial charge in [-0.2, -0.15) is 9.97 Å². The van der Waals surface area contributed by atoms with E-state index >= 15 is 0 Å². The number of H-pyrrole nitrogens is 4. The summed E-state index contributed by atoms with van der Waals surface area (Å²) >= 11 is 6.08. The van der Waals surface area contributed by atoms with Crippen molar-refractivity contribution in [1.29, 1.82) is 0 Å². The van der Waals surface area contributed by atoms with Crippen LogP contribution in [0.1, 0.15) is 189 Å². The molecule has 9 heterocycles. The van der Waals surface area contributed by atoms with E-state index in [-0.39, 0.29) is 43.9 Å². The van der Waals surface area contributed by atoms with Gasteiger partial charge in [-0.15, -0.1) is 0 Å². The van der Waals surface area contributed by atoms with Gasteiger partial charge in [-0.1, -0.05) is 259 Å². The zero-order valence-corrected chi connectivity index (χ0v) is 78.8. The van der Waals surface area contributed by atoms with Crippen molar-refractivity contribution in [3.8, 4) is 51.3 Å². The summed E-state index contributed by atoms with van der Waals surface area (Å²) in [4.78, 5) is 87.1. The topological polar surface area (TPSA) is 313 Å². The molecule has 0 radical (unpaired) electrons. The molecular formula is C105H122ClN21O5. The van der Waals surface area contributed by atoms with Crippen LogP contribution in [0.4, 0.5) is 17.6 Å². The standard InChI is InChI=1S/C27H32N6O.C26H30ClN5O2.C26H30N6O.C26H30N4O/c1-27(2,3)21-11-9-18(10-12-21)25-30-23-17-24(34)32-33(23)26(31-25)29-14-6-13-28-22-15-19-7-4-5-8-20(19)16-22;1-17-13-19(8-10-21(17)27)34-12-6-5-11-28-22-14-18(26(2,3)4)7-9-20(22)25-29-16-32-23(30-25)15-24(33)31-32;1-26(2,3)21-11-9-18(10-12-21)24-28-22-15-23(33)30-32(22)25(29-24)27-13-6-14-31-16-19-7-4-5-8-20(19)17-31;1-26(2,3)21-16-14-20(15-17-21)25-27-22(30-23(28-25)18-24(31)29-30)13-9-5-8-12-19-10-6-4-7-11-19/h4-5,7-12,17,22,28H,6,13-16H2,1-3H3,(H,32,34)(H,29,30,31);7-10,13-16,28H,5-6,11-12H2,1-4H3,(H,31,33);4-5,7-12,15H,6,13-14,16-17H2,1-3H3,(H,30,33)(H,27,28,29);4,6-7,10-11,14-18H,5,8-9,12-13H2,1-3H3,(H,29,31). The fourth-order valence-corrected chi connectivity index (χ4v) is 16.5. The smallest absolute Gasteiger partial charge is 0.266 e. The quantitative estimate of drug-likeness (QED) is 0.0211. The van der Waals surface area contributed by atoms with E-state index in [1.165, 1.54) is 78.9 Å². The third-order valence-electron chi connectivity index (χ3n) is 24.0. The Kier molecular flexibility index (Phi) is 29.2. The molecule has 0 saturated heterocycles. The van der Waals surface area contributed by atoms with Crippen LogP contribution in [0.25, 0.3) is 68.1 Å². The normalized spacial score (nSPS) is 12.9. The Bertz CT molecular complexity index is 6830. The first-order chi connectivity index (χ1) is 63.3. The van der Waals surface area contributed by atoms with Crippen LogP contribution in [0.15, 0.2) is 238 Å². The summed E-state index contributed by atoms with van der Waals surface area (Å²) in [6, 6.07) is 71.5. The molecule has 18 rings (SSSR count). The number of rotatable bonds is 28. The number of ether oxygens (including phenoxy) is 1. The monoisotopic (exact) mass is 1790 g/mol. The van der Waals surface area contributed by atoms with E-state index in [0.717, 1.165) is 167 Å². The predicted molar refractivity (Wildman–Crippen MR) is 530 cm³/mol. The summed E-state index contributed by atoms with van der Waals surface area (Å²) < 4.78 is 12.4. The predicted octanol–water partition coefficient (Wildman–Crippen LogP) is 19.1. The van der Waals surface area contributed by atoms with E-state index < -0.39 is 0 Å². The summed E-state index contributed by atoms with van der Waals surface area (Å²) in [5, 5.41) is 25.9. The first-order valence-corrected chi connectivity index (χ1v) is 46.4. The molecule has 0 spiro atoms. The Hall–Kier alpha value is -13.4. The number of fused-ring (bicyclic) bond motifs is 6. The van der Waals surface area contributed by atoms with Gasteiger partial charge in [0.1, 0.15) is 17.9 Å². The van der Waals surface area contributed by atoms with Crippen molar-refractivity contribution in [3.63, 3.8) is 0 Å². The van der Waals surface area contributed by atoms with Crippen LogP contribution in [0.3, 0.4) is 0 Å². The van der Waals surface area contributed by atoms with Crippen LogP contribution in [-0.4, -0.2) is 129 Å². The number of hydrogen-bond acceptors (Lipinski definition) is 18. The van der Waals surface area contributed by atoms with Gasteiger partial charge in [0.25, 0.3) is 22.2 Å². The fraction of sp³-hybridized carbons (Fsp3) is 0.352. The summed E-state index contributed by atoms with van der Waals surface area (Å²) in [6.45, 7) is 35.2. The highest BCUT2D eigenvalue weighted by atomic mass is 35.5. The second-order valence-electron chi connectivity index (χ2n) is 38.5. The minimum absolute atomic E-state index is 0.0122. The lowest BCUT2D eigenvalue weighted by molar-refractivity contribution is 0.283. The minimum Gasteiger partial charge on any atom is -0.494 e. The molecule has 0 fully saturated rings. The molecule has 0 saturated carbocycles. The molecule has 2 aliphatic rings. The lowest BCUT2D eigenvalue weighted by atomic mass is 9.86. The van der Waals surface area contributed by atoms with Gasteiger partial charge in [0.15, 0.2) is 45.9 Å². The van der Waals surface area contributed by atoms with Gasteiger partial charge in [-0.3, -0.25) is 44.5 Å². The van der Waals surface area contributed by atoms with Crippen LogP contribution in [-0.2, 0) is 60.4 Å². The number of aromatic amines is 4. The van der Waals surface area contributed by atoms with Crippen molar-refractivity contribution in [2.75, 3.05) is 55.3 Å². The van der Waals surface area contributed by atoms with Crippen molar-refractivity contribution < 1.29 is 4.74 Å². The maximum atomic E-state index is 12.0. The van der Waals surface area contributed by atoms with E-state index in [1.54, 1.807) is 19.9 Å².